The van der Waals surface area contributed by atoms with E-state index < -0.39 is 0 Å². The van der Waals surface area contributed by atoms with E-state index >= 15 is 0 Å². The van der Waals surface area contributed by atoms with Crippen molar-refractivity contribution in [2.45, 2.75) is 33.1 Å². The summed E-state index contributed by atoms with van der Waals surface area (Å²) in [6, 6.07) is 17.8. The number of rotatable bonds is 10. The normalized spacial score (nSPS) is 12.0. The van der Waals surface area contributed by atoms with Crippen molar-refractivity contribution >= 4 is 56.2 Å². The molecule has 0 fully saturated rings. The highest BCUT2D eigenvalue weighted by molar-refractivity contribution is 9.10. The Balaban J connectivity index is 1.64. The zero-order chi connectivity index (χ0) is 27.9. The summed E-state index contributed by atoms with van der Waals surface area (Å²) in [5.74, 6) is 0.831. The van der Waals surface area contributed by atoms with Crippen molar-refractivity contribution in [2.75, 3.05) is 18.5 Å². The van der Waals surface area contributed by atoms with Crippen molar-refractivity contribution in [1.82, 2.24) is 9.66 Å². The third-order valence-electron chi connectivity index (χ3n) is 5.95. The van der Waals surface area contributed by atoms with Crippen LogP contribution in [0.3, 0.4) is 0 Å². The lowest BCUT2D eigenvalue weighted by atomic mass is 10.1. The van der Waals surface area contributed by atoms with Gasteiger partial charge in [-0.3, -0.25) is 9.59 Å². The van der Waals surface area contributed by atoms with Crippen molar-refractivity contribution < 1.29 is 14.3 Å². The molecule has 0 aliphatic carbocycles. The third kappa shape index (κ3) is 6.85. The smallest absolute Gasteiger partial charge is 0.282 e. The average molecular weight is 612 g/mol. The van der Waals surface area contributed by atoms with Crippen LogP contribution < -0.4 is 20.3 Å². The van der Waals surface area contributed by atoms with Gasteiger partial charge in [-0.1, -0.05) is 59.6 Å². The molecule has 3 aromatic carbocycles. The van der Waals surface area contributed by atoms with Gasteiger partial charge in [0.2, 0.25) is 0 Å². The predicted octanol–water partition coefficient (Wildman–Crippen LogP) is 6.62. The molecule has 0 radical (unpaired) electrons. The summed E-state index contributed by atoms with van der Waals surface area (Å²) in [6.07, 6.45) is 2.31. The van der Waals surface area contributed by atoms with Gasteiger partial charge in [-0.05, 0) is 61.4 Å². The van der Waals surface area contributed by atoms with Gasteiger partial charge in [-0.25, -0.2) is 4.98 Å². The number of para-hydroxylation sites is 1. The molecule has 0 saturated heterocycles. The number of hydrogen-bond acceptors (Lipinski definition) is 6. The molecule has 0 bridgehead atoms. The van der Waals surface area contributed by atoms with Crippen LogP contribution >= 0.6 is 27.5 Å². The van der Waals surface area contributed by atoms with Gasteiger partial charge in [-0.15, -0.1) is 0 Å². The Labute approximate surface area is 239 Å². The fraction of sp³-hybridized carbons (Fsp3) is 0.241. The number of fused-ring (bicyclic) bond motifs is 1. The monoisotopic (exact) mass is 610 g/mol. The molecule has 8 nitrogen and oxygen atoms in total. The first-order valence-corrected chi connectivity index (χ1v) is 13.7. The SMILES string of the molecule is CCOc1cc(C=Nn2c([C@@H](C)CC)nc3ccc(Br)cc3c2=O)cc(Cl)c1OCC(=O)Nc1ccccc1. The molecular formula is C29H28BrClN4O4. The molecule has 0 aliphatic heterocycles. The highest BCUT2D eigenvalue weighted by Crippen LogP contribution is 2.36. The number of hydrogen-bond donors (Lipinski definition) is 1. The summed E-state index contributed by atoms with van der Waals surface area (Å²) in [6.45, 7) is 5.96. The lowest BCUT2D eigenvalue weighted by molar-refractivity contribution is -0.118. The lowest BCUT2D eigenvalue weighted by Crippen LogP contribution is -2.23. The van der Waals surface area contributed by atoms with Gasteiger partial charge in [0.15, 0.2) is 18.1 Å². The van der Waals surface area contributed by atoms with Crippen LogP contribution in [0.4, 0.5) is 5.69 Å². The summed E-state index contributed by atoms with van der Waals surface area (Å²) in [7, 11) is 0. The van der Waals surface area contributed by atoms with E-state index in [1.54, 1.807) is 30.3 Å². The summed E-state index contributed by atoms with van der Waals surface area (Å²) in [4.78, 5) is 30.5. The predicted molar refractivity (Wildman–Crippen MR) is 159 cm³/mol. The highest BCUT2D eigenvalue weighted by atomic mass is 79.9. The molecule has 39 heavy (non-hydrogen) atoms. The standard InChI is InChI=1S/C29H28BrClN4O4/c1-4-18(3)28-34-24-12-11-20(30)15-22(24)29(37)35(28)32-16-19-13-23(31)27(25(14-19)38-5-2)39-17-26(36)33-21-9-7-6-8-10-21/h6-16,18H,4-5,17H2,1-3H3,(H,33,36)/t18-/m0/s1. The molecule has 1 atom stereocenters. The van der Waals surface area contributed by atoms with Gasteiger partial charge in [0.1, 0.15) is 5.82 Å². The Morgan fingerprint density at radius 3 is 2.64 bits per heavy atom. The minimum Gasteiger partial charge on any atom is -0.490 e. The first-order chi connectivity index (χ1) is 18.8. The maximum Gasteiger partial charge on any atom is 0.282 e. The van der Waals surface area contributed by atoms with Crippen LogP contribution in [0.15, 0.2) is 75.0 Å². The second-order valence-corrected chi connectivity index (χ2v) is 10.1. The number of carbonyl (C=O) groups excluding carboxylic acids is 1. The Bertz CT molecular complexity index is 1570. The van der Waals surface area contributed by atoms with E-state index in [0.717, 1.165) is 10.9 Å². The molecule has 1 N–H and O–H groups in total. The van der Waals surface area contributed by atoms with Crippen LogP contribution in [0.2, 0.25) is 5.02 Å². The van der Waals surface area contributed by atoms with Gasteiger partial charge < -0.3 is 14.8 Å². The number of nitrogens with zero attached hydrogens (tertiary/aromatic N) is 3. The molecule has 4 aromatic rings. The van der Waals surface area contributed by atoms with Gasteiger partial charge in [0, 0.05) is 16.1 Å². The van der Waals surface area contributed by atoms with E-state index in [9.17, 15) is 9.59 Å². The molecule has 1 heterocycles. The first kappa shape index (κ1) is 28.3. The van der Waals surface area contributed by atoms with Crippen molar-refractivity contribution in [2.24, 2.45) is 5.10 Å². The topological polar surface area (TPSA) is 94.8 Å². The van der Waals surface area contributed by atoms with E-state index in [-0.39, 0.29) is 34.8 Å². The van der Waals surface area contributed by atoms with Crippen molar-refractivity contribution in [3.63, 3.8) is 0 Å². The van der Waals surface area contributed by atoms with Crippen LogP contribution in [0.1, 0.15) is 44.5 Å². The van der Waals surface area contributed by atoms with Crippen LogP contribution in [0.25, 0.3) is 10.9 Å². The van der Waals surface area contributed by atoms with Crippen LogP contribution in [0, 0.1) is 0 Å². The molecule has 10 heteroatoms. The maximum absolute atomic E-state index is 13.4. The zero-order valence-electron chi connectivity index (χ0n) is 21.8. The van der Waals surface area contributed by atoms with Gasteiger partial charge in [0.25, 0.3) is 11.5 Å². The molecule has 0 saturated carbocycles. The first-order valence-electron chi connectivity index (χ1n) is 12.5. The van der Waals surface area contributed by atoms with E-state index in [0.29, 0.717) is 40.3 Å². The van der Waals surface area contributed by atoms with Crippen LogP contribution in [0.5, 0.6) is 11.5 Å². The van der Waals surface area contributed by atoms with Crippen molar-refractivity contribution in [1.29, 1.82) is 0 Å². The number of anilines is 1. The van der Waals surface area contributed by atoms with Crippen molar-refractivity contribution in [3.05, 3.63) is 91.9 Å². The van der Waals surface area contributed by atoms with E-state index in [4.69, 9.17) is 26.1 Å². The molecule has 4 rings (SSSR count). The second-order valence-electron chi connectivity index (χ2n) is 8.77. The van der Waals surface area contributed by atoms with Gasteiger partial charge in [-0.2, -0.15) is 9.78 Å². The fourth-order valence-electron chi connectivity index (χ4n) is 3.83. The van der Waals surface area contributed by atoms with E-state index in [2.05, 4.69) is 26.3 Å². The van der Waals surface area contributed by atoms with Crippen LogP contribution in [-0.4, -0.2) is 35.0 Å². The Hall–Kier alpha value is -3.69. The quantitative estimate of drug-likeness (QED) is 0.203. The number of amides is 1. The van der Waals surface area contributed by atoms with E-state index in [1.807, 2.05) is 51.1 Å². The number of nitrogens with one attached hydrogen (secondary N) is 1. The number of aromatic nitrogens is 2. The molecule has 0 spiro atoms. The number of benzene rings is 3. The Kier molecular flexibility index (Phi) is 9.37. The summed E-state index contributed by atoms with van der Waals surface area (Å²) < 4.78 is 13.6. The molecule has 202 valence electrons. The average Bonchev–Trinajstić information content (AvgIpc) is 2.92. The number of halogens is 2. The highest BCUT2D eigenvalue weighted by Gasteiger charge is 2.17. The minimum atomic E-state index is -0.335. The molecule has 1 aromatic heterocycles. The lowest BCUT2D eigenvalue weighted by Gasteiger charge is -2.15. The molecule has 0 aliphatic rings. The van der Waals surface area contributed by atoms with Gasteiger partial charge >= 0.3 is 0 Å². The third-order valence-corrected chi connectivity index (χ3v) is 6.72. The van der Waals surface area contributed by atoms with Crippen LogP contribution in [-0.2, 0) is 4.79 Å². The minimum absolute atomic E-state index is 0.00304. The number of carbonyl (C=O) groups is 1. The fourth-order valence-corrected chi connectivity index (χ4v) is 4.46. The molecule has 0 unspecified atom stereocenters. The number of ether oxygens (including phenoxy) is 2. The summed E-state index contributed by atoms with van der Waals surface area (Å²) in [5, 5.41) is 7.96. The van der Waals surface area contributed by atoms with E-state index in [1.165, 1.54) is 10.9 Å². The molecule has 1 amide bonds. The van der Waals surface area contributed by atoms with Gasteiger partial charge in [0.05, 0.1) is 28.7 Å². The maximum atomic E-state index is 13.4. The Morgan fingerprint density at radius 2 is 1.92 bits per heavy atom. The zero-order valence-corrected chi connectivity index (χ0v) is 24.1. The largest absolute Gasteiger partial charge is 0.490 e. The molecular weight excluding hydrogens is 584 g/mol. The second kappa shape index (κ2) is 12.9. The summed E-state index contributed by atoms with van der Waals surface area (Å²) >= 11 is 9.97. The Morgan fingerprint density at radius 1 is 1.15 bits per heavy atom. The van der Waals surface area contributed by atoms with Crippen molar-refractivity contribution in [3.8, 4) is 11.5 Å². The summed E-state index contributed by atoms with van der Waals surface area (Å²) in [5.41, 5.74) is 1.59.